The number of thiazole rings is 1. The second-order valence-electron chi connectivity index (χ2n) is 4.93. The Kier molecular flexibility index (Phi) is 3.42. The van der Waals surface area contributed by atoms with Gasteiger partial charge in [0.2, 0.25) is 0 Å². The molecule has 3 unspecified atom stereocenters. The molecule has 0 radical (unpaired) electrons. The molecular formula is C12H20N2S. The molecule has 2 nitrogen and oxygen atoms in total. The lowest BCUT2D eigenvalue weighted by molar-refractivity contribution is 0.244. The zero-order chi connectivity index (χ0) is 10.8. The van der Waals surface area contributed by atoms with Gasteiger partial charge in [-0.1, -0.05) is 6.92 Å². The minimum Gasteiger partial charge on any atom is -0.327 e. The van der Waals surface area contributed by atoms with Crippen molar-refractivity contribution in [2.45, 2.75) is 45.6 Å². The van der Waals surface area contributed by atoms with E-state index in [1.54, 1.807) is 11.3 Å². The van der Waals surface area contributed by atoms with Crippen LogP contribution >= 0.6 is 11.3 Å². The van der Waals surface area contributed by atoms with Gasteiger partial charge in [0.25, 0.3) is 0 Å². The Hall–Kier alpha value is -0.410. The van der Waals surface area contributed by atoms with Crippen LogP contribution in [0.1, 0.15) is 36.9 Å². The minimum absolute atomic E-state index is 0.394. The molecule has 15 heavy (non-hydrogen) atoms. The summed E-state index contributed by atoms with van der Waals surface area (Å²) in [5, 5.41) is 3.40. The van der Waals surface area contributed by atoms with Crippen LogP contribution < -0.4 is 5.73 Å². The van der Waals surface area contributed by atoms with Crippen LogP contribution in [0.3, 0.4) is 0 Å². The van der Waals surface area contributed by atoms with Crippen molar-refractivity contribution in [1.29, 1.82) is 0 Å². The predicted octanol–water partition coefficient (Wildman–Crippen LogP) is 2.76. The lowest BCUT2D eigenvalue weighted by Crippen LogP contribution is -2.36. The van der Waals surface area contributed by atoms with Crippen LogP contribution in [0.15, 0.2) is 5.38 Å². The maximum atomic E-state index is 6.17. The maximum absolute atomic E-state index is 6.17. The standard InChI is InChI=1S/C12H20N2S/c1-8-3-4-11(13)10(5-8)6-12-14-9(2)7-15-12/h7-8,10-11H,3-6,13H2,1-2H3. The Balaban J connectivity index is 1.98. The molecule has 2 rings (SSSR count). The first-order valence-electron chi connectivity index (χ1n) is 5.81. The van der Waals surface area contributed by atoms with E-state index < -0.39 is 0 Å². The zero-order valence-electron chi connectivity index (χ0n) is 9.57. The molecule has 1 saturated carbocycles. The van der Waals surface area contributed by atoms with Gasteiger partial charge in [0.1, 0.15) is 0 Å². The molecule has 1 aromatic heterocycles. The van der Waals surface area contributed by atoms with Crippen LogP contribution in [0.4, 0.5) is 0 Å². The molecule has 1 aliphatic rings. The maximum Gasteiger partial charge on any atom is 0.0931 e. The molecule has 0 spiro atoms. The van der Waals surface area contributed by atoms with E-state index in [4.69, 9.17) is 5.73 Å². The lowest BCUT2D eigenvalue weighted by atomic mass is 9.78. The van der Waals surface area contributed by atoms with E-state index >= 15 is 0 Å². The fraction of sp³-hybridized carbons (Fsp3) is 0.750. The van der Waals surface area contributed by atoms with E-state index in [1.807, 2.05) is 0 Å². The highest BCUT2D eigenvalue weighted by atomic mass is 32.1. The molecule has 1 fully saturated rings. The molecule has 3 heteroatoms. The van der Waals surface area contributed by atoms with E-state index in [0.717, 1.165) is 18.0 Å². The fourth-order valence-electron chi connectivity index (χ4n) is 2.48. The van der Waals surface area contributed by atoms with Gasteiger partial charge in [-0.2, -0.15) is 0 Å². The monoisotopic (exact) mass is 224 g/mol. The van der Waals surface area contributed by atoms with Gasteiger partial charge in [-0.3, -0.25) is 0 Å². The number of hydrogen-bond acceptors (Lipinski definition) is 3. The average Bonchev–Trinajstić information content (AvgIpc) is 2.58. The first kappa shape index (κ1) is 11.1. The summed E-state index contributed by atoms with van der Waals surface area (Å²) in [6.07, 6.45) is 4.86. The third-order valence-electron chi connectivity index (χ3n) is 3.41. The lowest BCUT2D eigenvalue weighted by Gasteiger charge is -2.32. The van der Waals surface area contributed by atoms with Gasteiger partial charge in [0, 0.05) is 23.5 Å². The summed E-state index contributed by atoms with van der Waals surface area (Å²) >= 11 is 1.78. The number of aryl methyl sites for hydroxylation is 1. The first-order valence-corrected chi connectivity index (χ1v) is 6.69. The number of nitrogens with zero attached hydrogens (tertiary/aromatic N) is 1. The number of rotatable bonds is 2. The summed E-state index contributed by atoms with van der Waals surface area (Å²) in [4.78, 5) is 4.53. The van der Waals surface area contributed by atoms with Crippen LogP contribution in [0.5, 0.6) is 0 Å². The summed E-state index contributed by atoms with van der Waals surface area (Å²) in [6, 6.07) is 0.394. The van der Waals surface area contributed by atoms with Crippen molar-refractivity contribution in [3.05, 3.63) is 16.1 Å². The highest BCUT2D eigenvalue weighted by Crippen LogP contribution is 2.30. The van der Waals surface area contributed by atoms with Gasteiger partial charge in [0.15, 0.2) is 0 Å². The number of hydrogen-bond donors (Lipinski definition) is 1. The summed E-state index contributed by atoms with van der Waals surface area (Å²) in [5.41, 5.74) is 7.32. The van der Waals surface area contributed by atoms with Crippen molar-refractivity contribution in [1.82, 2.24) is 4.98 Å². The SMILES string of the molecule is Cc1csc(CC2CC(C)CCC2N)n1. The molecule has 1 heterocycles. The summed E-state index contributed by atoms with van der Waals surface area (Å²) in [6.45, 7) is 4.40. The molecule has 1 aromatic rings. The zero-order valence-corrected chi connectivity index (χ0v) is 10.4. The minimum atomic E-state index is 0.394. The molecule has 84 valence electrons. The number of aromatic nitrogens is 1. The molecule has 0 bridgehead atoms. The van der Waals surface area contributed by atoms with Crippen molar-refractivity contribution in [2.24, 2.45) is 17.6 Å². The molecule has 3 atom stereocenters. The van der Waals surface area contributed by atoms with E-state index in [9.17, 15) is 0 Å². The second-order valence-corrected chi connectivity index (χ2v) is 5.87. The molecule has 1 aliphatic carbocycles. The van der Waals surface area contributed by atoms with Crippen LogP contribution in [0.2, 0.25) is 0 Å². The Morgan fingerprint density at radius 1 is 1.53 bits per heavy atom. The van der Waals surface area contributed by atoms with Crippen LogP contribution in [-0.4, -0.2) is 11.0 Å². The number of nitrogens with two attached hydrogens (primary N) is 1. The van der Waals surface area contributed by atoms with Gasteiger partial charge in [-0.25, -0.2) is 4.98 Å². The smallest absolute Gasteiger partial charge is 0.0931 e. The summed E-state index contributed by atoms with van der Waals surface area (Å²) in [5.74, 6) is 1.50. The fourth-order valence-corrected chi connectivity index (χ4v) is 3.34. The normalized spacial score (nSPS) is 31.8. The quantitative estimate of drug-likeness (QED) is 0.839. The highest BCUT2D eigenvalue weighted by molar-refractivity contribution is 7.09. The van der Waals surface area contributed by atoms with E-state index in [-0.39, 0.29) is 0 Å². The molecule has 0 aliphatic heterocycles. The van der Waals surface area contributed by atoms with Gasteiger partial charge in [-0.05, 0) is 38.0 Å². The topological polar surface area (TPSA) is 38.9 Å². The second kappa shape index (κ2) is 4.62. The van der Waals surface area contributed by atoms with E-state index in [0.29, 0.717) is 12.0 Å². The van der Waals surface area contributed by atoms with Crippen LogP contribution in [-0.2, 0) is 6.42 Å². The van der Waals surface area contributed by atoms with Crippen LogP contribution in [0, 0.1) is 18.8 Å². The predicted molar refractivity (Wildman–Crippen MR) is 65.0 cm³/mol. The molecular weight excluding hydrogens is 204 g/mol. The summed E-state index contributed by atoms with van der Waals surface area (Å²) < 4.78 is 0. The largest absolute Gasteiger partial charge is 0.327 e. The molecule has 0 saturated heterocycles. The van der Waals surface area contributed by atoms with Crippen molar-refractivity contribution in [2.75, 3.05) is 0 Å². The summed E-state index contributed by atoms with van der Waals surface area (Å²) in [7, 11) is 0. The molecule has 0 aromatic carbocycles. The Labute approximate surface area is 95.9 Å². The third-order valence-corrected chi connectivity index (χ3v) is 4.40. The van der Waals surface area contributed by atoms with Crippen molar-refractivity contribution in [3.63, 3.8) is 0 Å². The third kappa shape index (κ3) is 2.79. The van der Waals surface area contributed by atoms with Gasteiger partial charge >= 0.3 is 0 Å². The Morgan fingerprint density at radius 3 is 3.00 bits per heavy atom. The van der Waals surface area contributed by atoms with E-state index in [1.165, 1.54) is 24.3 Å². The average molecular weight is 224 g/mol. The van der Waals surface area contributed by atoms with Crippen LogP contribution in [0.25, 0.3) is 0 Å². The Morgan fingerprint density at radius 2 is 2.33 bits per heavy atom. The highest BCUT2D eigenvalue weighted by Gasteiger charge is 2.26. The first-order chi connectivity index (χ1) is 7.15. The van der Waals surface area contributed by atoms with Gasteiger partial charge in [0.05, 0.1) is 5.01 Å². The van der Waals surface area contributed by atoms with Crippen molar-refractivity contribution < 1.29 is 0 Å². The molecule has 0 amide bonds. The van der Waals surface area contributed by atoms with Crippen molar-refractivity contribution >= 4 is 11.3 Å². The van der Waals surface area contributed by atoms with Crippen molar-refractivity contribution in [3.8, 4) is 0 Å². The van der Waals surface area contributed by atoms with Gasteiger partial charge in [-0.15, -0.1) is 11.3 Å². The Bertz CT molecular complexity index is 321. The molecule has 2 N–H and O–H groups in total. The van der Waals surface area contributed by atoms with E-state index in [2.05, 4.69) is 24.2 Å². The van der Waals surface area contributed by atoms with Gasteiger partial charge < -0.3 is 5.73 Å².